The number of hydrogen-bond donors (Lipinski definition) is 2. The summed E-state index contributed by atoms with van der Waals surface area (Å²) in [6.07, 6.45) is 0. The van der Waals surface area contributed by atoms with Crippen molar-refractivity contribution < 1.29 is 14.3 Å². The predicted octanol–water partition coefficient (Wildman–Crippen LogP) is 4.60. The van der Waals surface area contributed by atoms with Gasteiger partial charge in [-0.15, -0.1) is 0 Å². The SMILES string of the molecule is COC(=O)c1ccc(NC(=S)Nc2cc(OC)c(Cl)cc2Cl)cc1. The van der Waals surface area contributed by atoms with Crippen molar-refractivity contribution in [3.63, 3.8) is 0 Å². The van der Waals surface area contributed by atoms with E-state index in [9.17, 15) is 4.79 Å². The van der Waals surface area contributed by atoms with Gasteiger partial charge in [0.15, 0.2) is 5.11 Å². The molecule has 0 aromatic heterocycles. The Morgan fingerprint density at radius 2 is 1.71 bits per heavy atom. The van der Waals surface area contributed by atoms with Gasteiger partial charge in [-0.3, -0.25) is 0 Å². The summed E-state index contributed by atoms with van der Waals surface area (Å²) >= 11 is 17.4. The second-order valence-corrected chi connectivity index (χ2v) is 5.84. The van der Waals surface area contributed by atoms with E-state index < -0.39 is 5.97 Å². The van der Waals surface area contributed by atoms with Gasteiger partial charge in [0, 0.05) is 11.8 Å². The molecule has 0 atom stereocenters. The molecule has 0 aliphatic carbocycles. The van der Waals surface area contributed by atoms with Gasteiger partial charge in [-0.2, -0.15) is 0 Å². The molecular formula is C16H14Cl2N2O3S. The van der Waals surface area contributed by atoms with Crippen LogP contribution in [0.4, 0.5) is 11.4 Å². The van der Waals surface area contributed by atoms with E-state index in [0.717, 1.165) is 0 Å². The van der Waals surface area contributed by atoms with Gasteiger partial charge in [0.1, 0.15) is 5.75 Å². The fourth-order valence-corrected chi connectivity index (χ4v) is 2.61. The highest BCUT2D eigenvalue weighted by Gasteiger charge is 2.10. The molecule has 5 nitrogen and oxygen atoms in total. The Bertz CT molecular complexity index is 767. The maximum atomic E-state index is 11.4. The second-order valence-electron chi connectivity index (χ2n) is 4.61. The molecule has 24 heavy (non-hydrogen) atoms. The van der Waals surface area contributed by atoms with Crippen LogP contribution in [0, 0.1) is 0 Å². The number of carbonyl (C=O) groups excluding carboxylic acids is 1. The first-order valence-corrected chi connectivity index (χ1v) is 7.90. The Morgan fingerprint density at radius 3 is 2.29 bits per heavy atom. The van der Waals surface area contributed by atoms with E-state index in [1.54, 1.807) is 36.4 Å². The van der Waals surface area contributed by atoms with Crippen molar-refractivity contribution in [2.24, 2.45) is 0 Å². The molecule has 2 N–H and O–H groups in total. The normalized spacial score (nSPS) is 10.0. The van der Waals surface area contributed by atoms with Crippen LogP contribution in [0.2, 0.25) is 10.0 Å². The van der Waals surface area contributed by atoms with E-state index in [2.05, 4.69) is 15.4 Å². The lowest BCUT2D eigenvalue weighted by molar-refractivity contribution is 0.0601. The van der Waals surface area contributed by atoms with Gasteiger partial charge < -0.3 is 20.1 Å². The van der Waals surface area contributed by atoms with Crippen molar-refractivity contribution in [3.05, 3.63) is 52.0 Å². The Labute approximate surface area is 154 Å². The molecule has 126 valence electrons. The fraction of sp³-hybridized carbons (Fsp3) is 0.125. The highest BCUT2D eigenvalue weighted by atomic mass is 35.5. The number of carbonyl (C=O) groups is 1. The van der Waals surface area contributed by atoms with E-state index >= 15 is 0 Å². The number of esters is 1. The summed E-state index contributed by atoms with van der Waals surface area (Å²) in [4.78, 5) is 11.4. The fourth-order valence-electron chi connectivity index (χ4n) is 1.87. The van der Waals surface area contributed by atoms with Crippen LogP contribution in [0.3, 0.4) is 0 Å². The number of anilines is 2. The number of hydrogen-bond acceptors (Lipinski definition) is 4. The Morgan fingerprint density at radius 1 is 1.04 bits per heavy atom. The van der Waals surface area contributed by atoms with Crippen molar-refractivity contribution in [2.75, 3.05) is 24.9 Å². The van der Waals surface area contributed by atoms with Crippen molar-refractivity contribution >= 4 is 57.9 Å². The van der Waals surface area contributed by atoms with E-state index in [4.69, 9.17) is 40.2 Å². The van der Waals surface area contributed by atoms with Crippen LogP contribution < -0.4 is 15.4 Å². The van der Waals surface area contributed by atoms with Crippen LogP contribution in [0.1, 0.15) is 10.4 Å². The number of nitrogens with one attached hydrogen (secondary N) is 2. The lowest BCUT2D eigenvalue weighted by Gasteiger charge is -2.14. The summed E-state index contributed by atoms with van der Waals surface area (Å²) in [7, 11) is 2.84. The standard InChI is InChI=1S/C16H14Cl2N2O3S/c1-22-14-8-13(11(17)7-12(14)18)20-16(24)19-10-5-3-9(4-6-10)15(21)23-2/h3-8H,1-2H3,(H2,19,20,24). The smallest absolute Gasteiger partial charge is 0.337 e. The highest BCUT2D eigenvalue weighted by molar-refractivity contribution is 7.80. The minimum absolute atomic E-state index is 0.326. The molecule has 8 heteroatoms. The molecule has 2 aromatic rings. The van der Waals surface area contributed by atoms with Crippen LogP contribution in [-0.4, -0.2) is 25.3 Å². The van der Waals surface area contributed by atoms with Crippen LogP contribution in [0.25, 0.3) is 0 Å². The van der Waals surface area contributed by atoms with Crippen molar-refractivity contribution in [1.82, 2.24) is 0 Å². The van der Waals surface area contributed by atoms with Gasteiger partial charge >= 0.3 is 5.97 Å². The molecule has 0 heterocycles. The van der Waals surface area contributed by atoms with Gasteiger partial charge in [-0.25, -0.2) is 4.79 Å². The Kier molecular flexibility index (Phi) is 6.25. The maximum absolute atomic E-state index is 11.4. The Hall–Kier alpha value is -2.02. The number of methoxy groups -OCH3 is 2. The Balaban J connectivity index is 2.07. The predicted molar refractivity (Wildman–Crippen MR) is 101 cm³/mol. The minimum Gasteiger partial charge on any atom is -0.495 e. The molecule has 0 aliphatic rings. The zero-order chi connectivity index (χ0) is 17.7. The molecule has 2 aromatic carbocycles. The third-order valence-corrected chi connectivity index (χ3v) is 3.87. The molecular weight excluding hydrogens is 371 g/mol. The van der Waals surface area contributed by atoms with Gasteiger partial charge in [0.05, 0.1) is 35.5 Å². The summed E-state index contributed by atoms with van der Waals surface area (Å²) < 4.78 is 9.79. The maximum Gasteiger partial charge on any atom is 0.337 e. The summed E-state index contributed by atoms with van der Waals surface area (Å²) in [5.74, 6) is 0.0797. The van der Waals surface area contributed by atoms with Gasteiger partial charge in [-0.05, 0) is 42.5 Å². The van der Waals surface area contributed by atoms with Crippen molar-refractivity contribution in [1.29, 1.82) is 0 Å². The molecule has 0 radical (unpaired) electrons. The van der Waals surface area contributed by atoms with Crippen LogP contribution in [0.5, 0.6) is 5.75 Å². The first-order valence-electron chi connectivity index (χ1n) is 6.74. The molecule has 0 spiro atoms. The minimum atomic E-state index is -0.401. The summed E-state index contributed by atoms with van der Waals surface area (Å²) in [5.41, 5.74) is 1.71. The van der Waals surface area contributed by atoms with Crippen LogP contribution in [0.15, 0.2) is 36.4 Å². The van der Waals surface area contributed by atoms with Gasteiger partial charge in [-0.1, -0.05) is 23.2 Å². The lowest BCUT2D eigenvalue weighted by atomic mass is 10.2. The molecule has 0 fully saturated rings. The van der Waals surface area contributed by atoms with Crippen LogP contribution in [-0.2, 0) is 4.74 Å². The van der Waals surface area contributed by atoms with Gasteiger partial charge in [0.2, 0.25) is 0 Å². The molecule has 0 aliphatic heterocycles. The number of thiocarbonyl (C=S) groups is 1. The topological polar surface area (TPSA) is 59.6 Å². The molecule has 2 rings (SSSR count). The molecule has 0 unspecified atom stereocenters. The average molecular weight is 385 g/mol. The third-order valence-electron chi connectivity index (χ3n) is 3.05. The quantitative estimate of drug-likeness (QED) is 0.593. The summed E-state index contributed by atoms with van der Waals surface area (Å²) in [6.45, 7) is 0. The first kappa shape index (κ1) is 18.3. The third kappa shape index (κ3) is 4.50. The van der Waals surface area contributed by atoms with Crippen molar-refractivity contribution in [2.45, 2.75) is 0 Å². The summed E-state index contributed by atoms with van der Waals surface area (Å²) in [5, 5.41) is 7.10. The van der Waals surface area contributed by atoms with E-state index in [1.807, 2.05) is 0 Å². The zero-order valence-electron chi connectivity index (χ0n) is 12.9. The zero-order valence-corrected chi connectivity index (χ0v) is 15.2. The molecule has 0 bridgehead atoms. The van der Waals surface area contributed by atoms with E-state index in [1.165, 1.54) is 14.2 Å². The number of benzene rings is 2. The lowest BCUT2D eigenvalue weighted by Crippen LogP contribution is -2.19. The van der Waals surface area contributed by atoms with Crippen LogP contribution >= 0.6 is 35.4 Å². The second kappa shape index (κ2) is 8.19. The molecule has 0 saturated heterocycles. The average Bonchev–Trinajstić information content (AvgIpc) is 2.57. The largest absolute Gasteiger partial charge is 0.495 e. The number of rotatable bonds is 4. The molecule has 0 saturated carbocycles. The van der Waals surface area contributed by atoms with E-state index in [0.29, 0.717) is 37.8 Å². The van der Waals surface area contributed by atoms with Crippen molar-refractivity contribution in [3.8, 4) is 5.75 Å². The monoisotopic (exact) mass is 384 g/mol. The van der Waals surface area contributed by atoms with E-state index in [-0.39, 0.29) is 0 Å². The van der Waals surface area contributed by atoms with Gasteiger partial charge in [0.25, 0.3) is 0 Å². The highest BCUT2D eigenvalue weighted by Crippen LogP contribution is 2.34. The number of ether oxygens (including phenoxy) is 2. The summed E-state index contributed by atoms with van der Waals surface area (Å²) in [6, 6.07) is 9.91. The first-order chi connectivity index (χ1) is 11.4. The number of halogens is 2. The molecule has 0 amide bonds.